The Hall–Kier alpha value is -7.02. The summed E-state index contributed by atoms with van der Waals surface area (Å²) >= 11 is 0. The van der Waals surface area contributed by atoms with Crippen LogP contribution in [-0.2, 0) is 5.41 Å². The van der Waals surface area contributed by atoms with E-state index in [2.05, 4.69) is 236 Å². The van der Waals surface area contributed by atoms with Crippen LogP contribution in [0.2, 0.25) is 0 Å². The minimum Gasteiger partial charge on any atom is -0.0622 e. The molecule has 1 aliphatic rings. The van der Waals surface area contributed by atoms with E-state index in [1.165, 1.54) is 120 Å². The summed E-state index contributed by atoms with van der Waals surface area (Å²) in [7, 11) is 0. The maximum Gasteiger partial charge on any atom is 0.0324 e. The number of hydrogen-bond acceptors (Lipinski definition) is 0. The molecule has 0 amide bonds. The van der Waals surface area contributed by atoms with Gasteiger partial charge in [0.2, 0.25) is 0 Å². The van der Waals surface area contributed by atoms with Gasteiger partial charge >= 0.3 is 0 Å². The smallest absolute Gasteiger partial charge is 0.0324 e. The van der Waals surface area contributed by atoms with Gasteiger partial charge in [-0.25, -0.2) is 0 Å². The third-order valence-corrected chi connectivity index (χ3v) is 14.7. The molecule has 1 aliphatic carbocycles. The summed E-state index contributed by atoms with van der Waals surface area (Å²) in [6.45, 7) is 14.9. The summed E-state index contributed by atoms with van der Waals surface area (Å²) in [5.74, 6) is 0. The van der Waals surface area contributed by atoms with Crippen LogP contribution in [0.25, 0.3) is 109 Å². The summed E-state index contributed by atoms with van der Waals surface area (Å²) in [5.41, 5.74) is 12.8. The molecule has 63 heavy (non-hydrogen) atoms. The van der Waals surface area contributed by atoms with Crippen LogP contribution in [-0.4, -0.2) is 0 Å². The van der Waals surface area contributed by atoms with Crippen LogP contribution < -0.4 is 0 Å². The second-order valence-electron chi connectivity index (χ2n) is 20.0. The van der Waals surface area contributed by atoms with Crippen molar-refractivity contribution in [1.29, 1.82) is 0 Å². The minimum atomic E-state index is -0.292. The molecule has 0 bridgehead atoms. The largest absolute Gasteiger partial charge is 0.0622 e. The van der Waals surface area contributed by atoms with Crippen molar-refractivity contribution in [2.24, 2.45) is 10.8 Å². The molecule has 0 atom stereocenters. The molecule has 0 fully saturated rings. The molecule has 0 aromatic heterocycles. The maximum absolute atomic E-state index is 2.49. The molecule has 0 saturated heterocycles. The molecule has 0 spiro atoms. The highest BCUT2D eigenvalue weighted by Gasteiger charge is 2.59. The van der Waals surface area contributed by atoms with E-state index in [4.69, 9.17) is 0 Å². The van der Waals surface area contributed by atoms with Crippen LogP contribution in [0, 0.1) is 10.8 Å². The normalized spacial score (nSPS) is 13.7. The van der Waals surface area contributed by atoms with Gasteiger partial charge in [0.25, 0.3) is 0 Å². The van der Waals surface area contributed by atoms with E-state index in [1.54, 1.807) is 0 Å². The minimum absolute atomic E-state index is 0.112. The molecule has 0 saturated carbocycles. The van der Waals surface area contributed by atoms with Crippen molar-refractivity contribution in [3.63, 3.8) is 0 Å². The Labute approximate surface area is 370 Å². The van der Waals surface area contributed by atoms with Gasteiger partial charge in [-0.1, -0.05) is 217 Å². The van der Waals surface area contributed by atoms with Gasteiger partial charge in [0, 0.05) is 5.41 Å². The van der Waals surface area contributed by atoms with Crippen LogP contribution in [0.15, 0.2) is 194 Å². The van der Waals surface area contributed by atoms with Crippen molar-refractivity contribution in [3.05, 3.63) is 205 Å². The second-order valence-corrected chi connectivity index (χ2v) is 20.0. The van der Waals surface area contributed by atoms with E-state index in [1.807, 2.05) is 0 Å². The standard InChI is InChI=1S/C63H50/c1-61(2,3)63(62(4,5)6)59-46-34-33-45(38-43(46)32-35-55(59)58-49-22-12-10-20-47(49)48-21-11-17-27-54(48)60(58)63)57-52-25-15-13-23-50(52)56(51-24-14-16-26-53(51)57)44-31-30-41-36-40(28-29-42(41)37-44)39-18-8-7-9-19-39/h7-38H,1-6H3. The Morgan fingerprint density at radius 1 is 0.270 bits per heavy atom. The summed E-state index contributed by atoms with van der Waals surface area (Å²) < 4.78 is 0. The van der Waals surface area contributed by atoms with E-state index < -0.39 is 0 Å². The van der Waals surface area contributed by atoms with E-state index in [9.17, 15) is 0 Å². The van der Waals surface area contributed by atoms with Crippen molar-refractivity contribution >= 4 is 64.6 Å². The van der Waals surface area contributed by atoms with Gasteiger partial charge in [-0.15, -0.1) is 0 Å². The predicted molar refractivity (Wildman–Crippen MR) is 273 cm³/mol. The van der Waals surface area contributed by atoms with E-state index in [0.29, 0.717) is 0 Å². The van der Waals surface area contributed by atoms with Crippen molar-refractivity contribution in [2.75, 3.05) is 0 Å². The average molecular weight is 807 g/mol. The highest BCUT2D eigenvalue weighted by molar-refractivity contribution is 6.23. The Morgan fingerprint density at radius 2 is 0.667 bits per heavy atom. The number of benzene rings is 11. The molecule has 0 heterocycles. The van der Waals surface area contributed by atoms with E-state index in [-0.39, 0.29) is 16.2 Å². The van der Waals surface area contributed by atoms with Crippen LogP contribution in [0.5, 0.6) is 0 Å². The summed E-state index contributed by atoms with van der Waals surface area (Å²) in [6, 6.07) is 73.2. The third kappa shape index (κ3) is 5.28. The third-order valence-electron chi connectivity index (χ3n) is 14.7. The van der Waals surface area contributed by atoms with Gasteiger partial charge in [0.05, 0.1) is 0 Å². The fraction of sp³-hybridized carbons (Fsp3) is 0.143. The molecule has 0 heteroatoms. The molecule has 0 unspecified atom stereocenters. The van der Waals surface area contributed by atoms with Crippen molar-refractivity contribution in [1.82, 2.24) is 0 Å². The van der Waals surface area contributed by atoms with Crippen LogP contribution in [0.4, 0.5) is 0 Å². The van der Waals surface area contributed by atoms with Crippen molar-refractivity contribution < 1.29 is 0 Å². The molecule has 0 N–H and O–H groups in total. The summed E-state index contributed by atoms with van der Waals surface area (Å²) in [4.78, 5) is 0. The number of rotatable bonds is 3. The van der Waals surface area contributed by atoms with Gasteiger partial charge < -0.3 is 0 Å². The molecule has 0 aliphatic heterocycles. The van der Waals surface area contributed by atoms with Gasteiger partial charge in [0.15, 0.2) is 0 Å². The zero-order chi connectivity index (χ0) is 42.8. The first-order chi connectivity index (χ1) is 30.5. The molecule has 0 nitrogen and oxygen atoms in total. The SMILES string of the molecule is CC(C)(C)C1(C(C)(C)C)c2c(ccc3cc(-c4c5ccccc5c(-c5ccc6cc(-c7ccccc7)ccc6c5)c5ccccc45)ccc23)-c2c1c1ccccc1c1ccccc21. The Kier molecular flexibility index (Phi) is 8.08. The van der Waals surface area contributed by atoms with Gasteiger partial charge in [-0.3, -0.25) is 0 Å². The zero-order valence-corrected chi connectivity index (χ0v) is 37.0. The highest BCUT2D eigenvalue weighted by Crippen LogP contribution is 2.68. The zero-order valence-electron chi connectivity index (χ0n) is 37.0. The Balaban J connectivity index is 1.10. The maximum atomic E-state index is 2.49. The van der Waals surface area contributed by atoms with Gasteiger partial charge in [-0.2, -0.15) is 0 Å². The summed E-state index contributed by atoms with van der Waals surface area (Å²) in [6.07, 6.45) is 0. The topological polar surface area (TPSA) is 0 Å². The monoisotopic (exact) mass is 806 g/mol. The lowest BCUT2D eigenvalue weighted by Crippen LogP contribution is -2.50. The lowest BCUT2D eigenvalue weighted by molar-refractivity contribution is 0.0977. The van der Waals surface area contributed by atoms with E-state index >= 15 is 0 Å². The summed E-state index contributed by atoms with van der Waals surface area (Å²) in [5, 5.41) is 15.6. The molecule has 12 rings (SSSR count). The highest BCUT2D eigenvalue weighted by atomic mass is 14.6. The lowest BCUT2D eigenvalue weighted by atomic mass is 9.49. The Morgan fingerprint density at radius 3 is 1.21 bits per heavy atom. The molecular weight excluding hydrogens is 757 g/mol. The van der Waals surface area contributed by atoms with Crippen LogP contribution in [0.1, 0.15) is 52.7 Å². The first-order valence-corrected chi connectivity index (χ1v) is 22.6. The fourth-order valence-corrected chi connectivity index (χ4v) is 12.6. The molecule has 302 valence electrons. The van der Waals surface area contributed by atoms with Crippen LogP contribution in [0.3, 0.4) is 0 Å². The lowest BCUT2D eigenvalue weighted by Gasteiger charge is -2.54. The van der Waals surface area contributed by atoms with Gasteiger partial charge in [-0.05, 0) is 149 Å². The van der Waals surface area contributed by atoms with Crippen molar-refractivity contribution in [2.45, 2.75) is 47.0 Å². The molecule has 11 aromatic rings. The first kappa shape index (κ1) is 37.7. The van der Waals surface area contributed by atoms with Gasteiger partial charge in [0.1, 0.15) is 0 Å². The molecule has 11 aromatic carbocycles. The molecule has 0 radical (unpaired) electrons. The first-order valence-electron chi connectivity index (χ1n) is 22.6. The second kappa shape index (κ2) is 13.5. The predicted octanol–water partition coefficient (Wildman–Crippen LogP) is 18.0. The number of hydrogen-bond donors (Lipinski definition) is 0. The quantitative estimate of drug-likeness (QED) is 0.123. The number of fused-ring (bicyclic) bond motifs is 13. The average Bonchev–Trinajstić information content (AvgIpc) is 3.65. The van der Waals surface area contributed by atoms with E-state index in [0.717, 1.165) is 0 Å². The fourth-order valence-electron chi connectivity index (χ4n) is 12.6. The van der Waals surface area contributed by atoms with Crippen LogP contribution >= 0.6 is 0 Å². The van der Waals surface area contributed by atoms with Crippen molar-refractivity contribution in [3.8, 4) is 44.5 Å². The molecular formula is C63H50. The Bertz CT molecular complexity index is 3610.